The molecule has 0 fully saturated rings. The Balaban J connectivity index is 1.56. The number of aromatic nitrogens is 3. The first kappa shape index (κ1) is 16.4. The highest BCUT2D eigenvalue weighted by atomic mass is 16.2. The van der Waals surface area contributed by atoms with Gasteiger partial charge in [-0.1, -0.05) is 0 Å². The number of nitrogens with one attached hydrogen (secondary N) is 2. The molecule has 2 amide bonds. The summed E-state index contributed by atoms with van der Waals surface area (Å²) in [6.07, 6.45) is 6.28. The minimum Gasteiger partial charge on any atom is -0.397 e. The van der Waals surface area contributed by atoms with E-state index in [1.54, 1.807) is 31.6 Å². The number of hydrogen-bond acceptors (Lipinski definition) is 5. The Morgan fingerprint density at radius 1 is 1.24 bits per heavy atom. The molecule has 0 unspecified atom stereocenters. The van der Waals surface area contributed by atoms with Gasteiger partial charge in [-0.2, -0.15) is 0 Å². The highest BCUT2D eigenvalue weighted by Gasteiger charge is 2.14. The van der Waals surface area contributed by atoms with E-state index in [4.69, 9.17) is 5.73 Å². The molecule has 0 aromatic carbocycles. The summed E-state index contributed by atoms with van der Waals surface area (Å²) in [5.74, 6) is -0.437. The van der Waals surface area contributed by atoms with Crippen molar-refractivity contribution in [2.45, 2.75) is 0 Å². The minimum absolute atomic E-state index is 0.156. The van der Waals surface area contributed by atoms with E-state index >= 15 is 0 Å². The summed E-state index contributed by atoms with van der Waals surface area (Å²) < 4.78 is 0. The van der Waals surface area contributed by atoms with Crippen molar-refractivity contribution in [3.63, 3.8) is 0 Å². The van der Waals surface area contributed by atoms with E-state index in [2.05, 4.69) is 20.3 Å². The van der Waals surface area contributed by atoms with E-state index in [0.29, 0.717) is 30.0 Å². The van der Waals surface area contributed by atoms with E-state index < -0.39 is 0 Å². The van der Waals surface area contributed by atoms with Crippen LogP contribution in [0, 0.1) is 0 Å². The van der Waals surface area contributed by atoms with Gasteiger partial charge in [-0.3, -0.25) is 19.6 Å². The quantitative estimate of drug-likeness (QED) is 0.642. The fourth-order valence-electron chi connectivity index (χ4n) is 2.42. The van der Waals surface area contributed by atoms with Gasteiger partial charge in [0.1, 0.15) is 5.69 Å². The predicted octanol–water partition coefficient (Wildman–Crippen LogP) is 1.04. The molecule has 3 aromatic heterocycles. The van der Waals surface area contributed by atoms with Crippen molar-refractivity contribution in [1.82, 2.24) is 25.2 Å². The van der Waals surface area contributed by atoms with Crippen LogP contribution in [0.4, 0.5) is 5.69 Å². The summed E-state index contributed by atoms with van der Waals surface area (Å²) in [4.78, 5) is 37.0. The van der Waals surface area contributed by atoms with Gasteiger partial charge in [0.05, 0.1) is 11.3 Å². The van der Waals surface area contributed by atoms with Crippen LogP contribution in [0.25, 0.3) is 10.9 Å². The van der Waals surface area contributed by atoms with E-state index in [1.807, 2.05) is 6.07 Å². The van der Waals surface area contributed by atoms with E-state index in [1.165, 1.54) is 17.3 Å². The molecule has 0 aliphatic rings. The molecule has 0 radical (unpaired) electrons. The third-order valence-electron chi connectivity index (χ3n) is 3.75. The van der Waals surface area contributed by atoms with Crippen LogP contribution in [0.1, 0.15) is 20.8 Å². The first-order valence-corrected chi connectivity index (χ1v) is 7.71. The minimum atomic E-state index is -0.280. The van der Waals surface area contributed by atoms with Gasteiger partial charge >= 0.3 is 0 Å². The van der Waals surface area contributed by atoms with Crippen molar-refractivity contribution in [3.05, 3.63) is 54.2 Å². The molecule has 0 bridgehead atoms. The van der Waals surface area contributed by atoms with Crippen LogP contribution in [0.2, 0.25) is 0 Å². The zero-order valence-electron chi connectivity index (χ0n) is 13.7. The van der Waals surface area contributed by atoms with Gasteiger partial charge in [0.15, 0.2) is 0 Å². The van der Waals surface area contributed by atoms with Gasteiger partial charge in [-0.25, -0.2) is 0 Å². The number of anilines is 1. The molecule has 8 nitrogen and oxygen atoms in total. The van der Waals surface area contributed by atoms with Crippen molar-refractivity contribution in [2.24, 2.45) is 0 Å². The second-order valence-corrected chi connectivity index (χ2v) is 5.64. The standard InChI is InChI=1S/C17H18N6O2/c1-23(5-4-21-16(24)12-6-13(18)10-20-9-12)17(25)15-7-11-8-19-3-2-14(11)22-15/h2-3,6-10,22H,4-5,18H2,1H3,(H,21,24). The smallest absolute Gasteiger partial charge is 0.270 e. The lowest BCUT2D eigenvalue weighted by Gasteiger charge is -2.16. The second-order valence-electron chi connectivity index (χ2n) is 5.64. The van der Waals surface area contributed by atoms with Crippen molar-refractivity contribution in [1.29, 1.82) is 0 Å². The maximum atomic E-state index is 12.4. The Morgan fingerprint density at radius 2 is 2.08 bits per heavy atom. The maximum absolute atomic E-state index is 12.4. The Labute approximate surface area is 144 Å². The van der Waals surface area contributed by atoms with Crippen molar-refractivity contribution in [2.75, 3.05) is 25.9 Å². The third-order valence-corrected chi connectivity index (χ3v) is 3.75. The molecule has 8 heteroatoms. The molecule has 0 aliphatic carbocycles. The summed E-state index contributed by atoms with van der Waals surface area (Å²) in [5.41, 5.74) is 7.76. The number of rotatable bonds is 5. The number of carbonyl (C=O) groups is 2. The number of H-pyrrole nitrogens is 1. The topological polar surface area (TPSA) is 117 Å². The van der Waals surface area contributed by atoms with E-state index in [-0.39, 0.29) is 11.8 Å². The van der Waals surface area contributed by atoms with Crippen LogP contribution in [0.3, 0.4) is 0 Å². The number of carbonyl (C=O) groups excluding carboxylic acids is 2. The SMILES string of the molecule is CN(CCNC(=O)c1cncc(N)c1)C(=O)c1cc2cnccc2[nH]1. The predicted molar refractivity (Wildman–Crippen MR) is 94.0 cm³/mol. The summed E-state index contributed by atoms with van der Waals surface area (Å²) in [6, 6.07) is 5.12. The number of fused-ring (bicyclic) bond motifs is 1. The summed E-state index contributed by atoms with van der Waals surface area (Å²) in [5, 5.41) is 3.62. The molecular weight excluding hydrogens is 320 g/mol. The maximum Gasteiger partial charge on any atom is 0.270 e. The van der Waals surface area contributed by atoms with Crippen LogP contribution in [0.5, 0.6) is 0 Å². The van der Waals surface area contributed by atoms with Gasteiger partial charge in [0.25, 0.3) is 11.8 Å². The molecule has 128 valence electrons. The first-order valence-electron chi connectivity index (χ1n) is 7.71. The molecule has 0 saturated heterocycles. The van der Waals surface area contributed by atoms with Crippen molar-refractivity contribution in [3.8, 4) is 0 Å². The van der Waals surface area contributed by atoms with Crippen LogP contribution in [0.15, 0.2) is 43.0 Å². The monoisotopic (exact) mass is 338 g/mol. The fourth-order valence-corrected chi connectivity index (χ4v) is 2.42. The second kappa shape index (κ2) is 7.00. The lowest BCUT2D eigenvalue weighted by atomic mass is 10.2. The average molecular weight is 338 g/mol. The number of nitrogens with two attached hydrogens (primary N) is 1. The molecule has 3 aromatic rings. The number of nitrogens with zero attached hydrogens (tertiary/aromatic N) is 3. The normalized spacial score (nSPS) is 10.6. The number of nitrogen functional groups attached to an aromatic ring is 1. The number of pyridine rings is 2. The number of aromatic amines is 1. The highest BCUT2D eigenvalue weighted by molar-refractivity contribution is 5.98. The van der Waals surface area contributed by atoms with Crippen LogP contribution in [-0.4, -0.2) is 51.8 Å². The number of likely N-dealkylation sites (N-methyl/N-ethyl adjacent to an activating group) is 1. The fraction of sp³-hybridized carbons (Fsp3) is 0.176. The van der Waals surface area contributed by atoms with Crippen molar-refractivity contribution < 1.29 is 9.59 Å². The third kappa shape index (κ3) is 3.74. The van der Waals surface area contributed by atoms with Gasteiger partial charge in [-0.15, -0.1) is 0 Å². The molecule has 3 rings (SSSR count). The molecule has 0 atom stereocenters. The van der Waals surface area contributed by atoms with Gasteiger partial charge in [-0.05, 0) is 18.2 Å². The summed E-state index contributed by atoms with van der Waals surface area (Å²) in [6.45, 7) is 0.686. The van der Waals surface area contributed by atoms with Crippen LogP contribution < -0.4 is 11.1 Å². The van der Waals surface area contributed by atoms with Crippen molar-refractivity contribution >= 4 is 28.4 Å². The molecule has 0 saturated carbocycles. The molecular formula is C17H18N6O2. The number of amides is 2. The van der Waals surface area contributed by atoms with E-state index in [0.717, 1.165) is 10.9 Å². The average Bonchev–Trinajstić information content (AvgIpc) is 3.05. The largest absolute Gasteiger partial charge is 0.397 e. The molecule has 0 spiro atoms. The Bertz CT molecular complexity index is 887. The van der Waals surface area contributed by atoms with Gasteiger partial charge < -0.3 is 20.9 Å². The molecule has 25 heavy (non-hydrogen) atoms. The highest BCUT2D eigenvalue weighted by Crippen LogP contribution is 2.14. The van der Waals surface area contributed by atoms with E-state index in [9.17, 15) is 9.59 Å². The Morgan fingerprint density at radius 3 is 2.84 bits per heavy atom. The van der Waals surface area contributed by atoms with Crippen LogP contribution in [-0.2, 0) is 0 Å². The van der Waals surface area contributed by atoms with Gasteiger partial charge in [0, 0.05) is 55.8 Å². The zero-order chi connectivity index (χ0) is 17.8. The lowest BCUT2D eigenvalue weighted by molar-refractivity contribution is 0.0782. The Hall–Kier alpha value is -3.42. The lowest BCUT2D eigenvalue weighted by Crippen LogP contribution is -2.36. The van der Waals surface area contributed by atoms with Crippen LogP contribution >= 0.6 is 0 Å². The number of hydrogen-bond donors (Lipinski definition) is 3. The first-order chi connectivity index (χ1) is 12.0. The zero-order valence-corrected chi connectivity index (χ0v) is 13.7. The molecule has 3 heterocycles. The molecule has 0 aliphatic heterocycles. The summed E-state index contributed by atoms with van der Waals surface area (Å²) >= 11 is 0. The summed E-state index contributed by atoms with van der Waals surface area (Å²) in [7, 11) is 1.68. The Kier molecular flexibility index (Phi) is 4.60. The van der Waals surface area contributed by atoms with Gasteiger partial charge in [0.2, 0.25) is 0 Å². The molecule has 4 N–H and O–H groups in total.